The Balaban J connectivity index is 1.73. The van der Waals surface area contributed by atoms with Gasteiger partial charge in [-0.15, -0.1) is 0 Å². The molecule has 1 fully saturated rings. The minimum Gasteiger partial charge on any atom is -0.461 e. The Morgan fingerprint density at radius 3 is 2.26 bits per heavy atom. The lowest BCUT2D eigenvalue weighted by atomic mass is 10.00. The summed E-state index contributed by atoms with van der Waals surface area (Å²) in [6.07, 6.45) is -1.22. The fourth-order valence-corrected chi connectivity index (χ4v) is 5.62. The summed E-state index contributed by atoms with van der Waals surface area (Å²) >= 11 is 7.22. The predicted molar refractivity (Wildman–Crippen MR) is 139 cm³/mol. The maximum atomic E-state index is 13.8. The van der Waals surface area contributed by atoms with Crippen LogP contribution in [0.5, 0.6) is 0 Å². The van der Waals surface area contributed by atoms with E-state index in [1.54, 1.807) is 6.07 Å². The fraction of sp³-hybridized carbons (Fsp3) is 0.222. The quantitative estimate of drug-likeness (QED) is 0.390. The molecule has 0 aliphatic carbocycles. The molecule has 1 saturated heterocycles. The molecule has 38 heavy (non-hydrogen) atoms. The van der Waals surface area contributed by atoms with Crippen LogP contribution in [-0.2, 0) is 28.7 Å². The average Bonchev–Trinajstić information content (AvgIpc) is 2.93. The smallest absolute Gasteiger partial charge is 0.356 e. The number of hydrogen-bond donors (Lipinski definition) is 1. The highest BCUT2D eigenvalue weighted by Gasteiger charge is 2.56. The van der Waals surface area contributed by atoms with Crippen LogP contribution in [0.3, 0.4) is 0 Å². The Morgan fingerprint density at radius 2 is 1.74 bits per heavy atom. The van der Waals surface area contributed by atoms with E-state index in [4.69, 9.17) is 26.3 Å². The third-order valence-electron chi connectivity index (χ3n) is 5.81. The Labute approximate surface area is 228 Å². The number of nitrogens with one attached hydrogen (secondary N) is 1. The topological polar surface area (TPSA) is 126 Å². The molecule has 2 aromatic carbocycles. The van der Waals surface area contributed by atoms with Gasteiger partial charge in [0.05, 0.1) is 6.07 Å². The first kappa shape index (κ1) is 27.0. The van der Waals surface area contributed by atoms with E-state index in [1.165, 1.54) is 17.4 Å². The molecule has 11 heteroatoms. The van der Waals surface area contributed by atoms with Crippen LogP contribution >= 0.6 is 23.4 Å². The average molecular weight is 552 g/mol. The Morgan fingerprint density at radius 1 is 1.13 bits per heavy atom. The van der Waals surface area contributed by atoms with E-state index < -0.39 is 47.7 Å². The van der Waals surface area contributed by atoms with Crippen molar-refractivity contribution in [3.8, 4) is 6.07 Å². The molecule has 2 aliphatic rings. The molecular formula is C27H22ClN3O6S. The number of fused-ring (bicyclic) bond motifs is 1. The summed E-state index contributed by atoms with van der Waals surface area (Å²) in [6, 6.07) is 19.0. The fourth-order valence-electron chi connectivity index (χ4n) is 4.09. The molecule has 194 valence electrons. The van der Waals surface area contributed by atoms with Crippen LogP contribution in [0.4, 0.5) is 0 Å². The molecule has 2 atom stereocenters. The number of esters is 2. The molecule has 0 aromatic heterocycles. The van der Waals surface area contributed by atoms with Crippen LogP contribution in [-0.4, -0.2) is 46.7 Å². The van der Waals surface area contributed by atoms with E-state index in [-0.39, 0.29) is 17.9 Å². The highest BCUT2D eigenvalue weighted by molar-refractivity contribution is 8.04. The largest absolute Gasteiger partial charge is 0.461 e. The molecule has 0 bridgehead atoms. The summed E-state index contributed by atoms with van der Waals surface area (Å²) in [7, 11) is 0. The van der Waals surface area contributed by atoms with Gasteiger partial charge in [0.25, 0.3) is 5.91 Å². The number of nitriles is 1. The van der Waals surface area contributed by atoms with Gasteiger partial charge in [-0.05, 0) is 11.1 Å². The summed E-state index contributed by atoms with van der Waals surface area (Å²) in [5.41, 5.74) is 2.71. The zero-order valence-corrected chi connectivity index (χ0v) is 21.7. The van der Waals surface area contributed by atoms with Crippen LogP contribution in [0, 0.1) is 11.3 Å². The third kappa shape index (κ3) is 5.59. The van der Waals surface area contributed by atoms with Gasteiger partial charge in [-0.3, -0.25) is 19.3 Å². The Kier molecular flexibility index (Phi) is 8.51. The number of nitrogens with zero attached hydrogens (tertiary/aromatic N) is 2. The first-order chi connectivity index (χ1) is 18.3. The van der Waals surface area contributed by atoms with Gasteiger partial charge in [0.15, 0.2) is 6.10 Å². The van der Waals surface area contributed by atoms with Crippen molar-refractivity contribution < 1.29 is 28.7 Å². The van der Waals surface area contributed by atoms with Crippen LogP contribution < -0.4 is 5.32 Å². The molecule has 2 aromatic rings. The van der Waals surface area contributed by atoms with E-state index in [0.717, 1.165) is 11.8 Å². The van der Waals surface area contributed by atoms with Crippen molar-refractivity contribution in [3.05, 3.63) is 93.5 Å². The summed E-state index contributed by atoms with van der Waals surface area (Å²) in [5, 5.41) is 10.6. The highest BCUT2D eigenvalue weighted by Crippen LogP contribution is 2.47. The molecule has 0 saturated carbocycles. The molecule has 4 rings (SSSR count). The molecule has 1 N–H and O–H groups in total. The summed E-state index contributed by atoms with van der Waals surface area (Å²) in [5.74, 6) is -2.60. The van der Waals surface area contributed by atoms with Gasteiger partial charge in [0, 0.05) is 22.9 Å². The lowest BCUT2D eigenvalue weighted by Crippen LogP contribution is -2.70. The van der Waals surface area contributed by atoms with Gasteiger partial charge in [-0.1, -0.05) is 84.0 Å². The van der Waals surface area contributed by atoms with Crippen LogP contribution in [0.15, 0.2) is 82.4 Å². The minimum absolute atomic E-state index is 0.130. The van der Waals surface area contributed by atoms with Crippen LogP contribution in [0.1, 0.15) is 30.6 Å². The molecule has 1 unspecified atom stereocenters. The van der Waals surface area contributed by atoms with Crippen LogP contribution in [0.2, 0.25) is 0 Å². The number of carbonyl (C=O) groups excluding carboxylic acids is 4. The first-order valence-electron chi connectivity index (χ1n) is 11.5. The SMILES string of the molecule is CC(=O)OCC1=C(C(=O)OC(c2ccccc2)c2ccccc2)N2C(=O)C(NC(=O)CC#N)[C@@H]2SC1=CCl. The van der Waals surface area contributed by atoms with Crippen molar-refractivity contribution in [2.45, 2.75) is 30.9 Å². The van der Waals surface area contributed by atoms with Gasteiger partial charge in [-0.25, -0.2) is 4.79 Å². The van der Waals surface area contributed by atoms with Gasteiger partial charge >= 0.3 is 11.9 Å². The first-order valence-corrected chi connectivity index (χ1v) is 12.8. The highest BCUT2D eigenvalue weighted by atomic mass is 35.5. The molecule has 2 heterocycles. The zero-order chi connectivity index (χ0) is 27.2. The van der Waals surface area contributed by atoms with E-state index in [2.05, 4.69) is 5.32 Å². The lowest BCUT2D eigenvalue weighted by molar-refractivity contribution is -0.154. The lowest BCUT2D eigenvalue weighted by Gasteiger charge is -2.50. The zero-order valence-electron chi connectivity index (χ0n) is 20.1. The molecular weight excluding hydrogens is 530 g/mol. The van der Waals surface area contributed by atoms with Crippen molar-refractivity contribution in [2.24, 2.45) is 0 Å². The Bertz CT molecular complexity index is 1320. The van der Waals surface area contributed by atoms with E-state index in [9.17, 15) is 19.2 Å². The summed E-state index contributed by atoms with van der Waals surface area (Å²) < 4.78 is 11.2. The number of amides is 2. The molecule has 0 spiro atoms. The second-order valence-corrected chi connectivity index (χ2v) is 9.66. The van der Waals surface area contributed by atoms with Gasteiger partial charge < -0.3 is 14.8 Å². The van der Waals surface area contributed by atoms with Gasteiger partial charge in [0.1, 0.15) is 30.1 Å². The van der Waals surface area contributed by atoms with Crippen molar-refractivity contribution >= 4 is 47.1 Å². The Hall–Kier alpha value is -4.07. The number of β-lactam (4-membered cyclic amide) rings is 1. The number of hydrogen-bond acceptors (Lipinski definition) is 8. The van der Waals surface area contributed by atoms with E-state index >= 15 is 0 Å². The van der Waals surface area contributed by atoms with E-state index in [0.29, 0.717) is 16.0 Å². The second-order valence-electron chi connectivity index (χ2n) is 8.28. The molecule has 9 nitrogen and oxygen atoms in total. The standard InChI is InChI=1S/C27H22ClN3O6S/c1-16(32)36-15-19-20(14-28)38-26-22(30-21(33)12-13-29)25(34)31(26)23(19)27(35)37-24(17-8-4-2-5-9-17)18-10-6-3-7-11-18/h2-11,14,22,24,26H,12,15H2,1H3,(H,30,33)/t22?,26-/m0/s1. The van der Waals surface area contributed by atoms with E-state index in [1.807, 2.05) is 60.7 Å². The summed E-state index contributed by atoms with van der Waals surface area (Å²) in [4.78, 5) is 52.2. The van der Waals surface area contributed by atoms with Gasteiger partial charge in [-0.2, -0.15) is 5.26 Å². The number of halogens is 1. The number of benzene rings is 2. The maximum absolute atomic E-state index is 13.8. The minimum atomic E-state index is -0.982. The monoisotopic (exact) mass is 551 g/mol. The normalized spacial score (nSPS) is 19.4. The van der Waals surface area contributed by atoms with Crippen molar-refractivity contribution in [1.82, 2.24) is 10.2 Å². The van der Waals surface area contributed by atoms with Crippen molar-refractivity contribution in [1.29, 1.82) is 5.26 Å². The van der Waals surface area contributed by atoms with Crippen molar-refractivity contribution in [3.63, 3.8) is 0 Å². The number of thioether (sulfide) groups is 1. The molecule has 0 radical (unpaired) electrons. The number of rotatable bonds is 8. The molecule has 2 amide bonds. The van der Waals surface area contributed by atoms with Crippen molar-refractivity contribution in [2.75, 3.05) is 6.61 Å². The predicted octanol–water partition coefficient (Wildman–Crippen LogP) is 3.53. The molecule has 2 aliphatic heterocycles. The maximum Gasteiger partial charge on any atom is 0.356 e. The van der Waals surface area contributed by atoms with Crippen LogP contribution in [0.25, 0.3) is 0 Å². The second kappa shape index (κ2) is 12.0. The number of carbonyl (C=O) groups is 4. The summed E-state index contributed by atoms with van der Waals surface area (Å²) in [6.45, 7) is 0.895. The third-order valence-corrected chi connectivity index (χ3v) is 7.50. The number of ether oxygens (including phenoxy) is 2. The van der Waals surface area contributed by atoms with Gasteiger partial charge in [0.2, 0.25) is 5.91 Å².